The van der Waals surface area contributed by atoms with Crippen LogP contribution in [0.15, 0.2) is 18.5 Å². The fourth-order valence-corrected chi connectivity index (χ4v) is 2.09. The maximum absolute atomic E-state index is 11.3. The number of benzene rings is 1. The van der Waals surface area contributed by atoms with Crippen molar-refractivity contribution in [1.82, 2.24) is 14.8 Å². The Kier molecular flexibility index (Phi) is 2.59. The molecule has 0 saturated heterocycles. The minimum atomic E-state index is -0.00190. The van der Waals surface area contributed by atoms with Crippen LogP contribution in [0, 0.1) is 0 Å². The van der Waals surface area contributed by atoms with Crippen LogP contribution in [-0.4, -0.2) is 20.7 Å². The number of nitrogens with one attached hydrogen (secondary N) is 2. The summed E-state index contributed by atoms with van der Waals surface area (Å²) in [6.45, 7) is 0.484. The fourth-order valence-electron chi connectivity index (χ4n) is 2.09. The quantitative estimate of drug-likeness (QED) is 0.697. The first kappa shape index (κ1) is 11.5. The Morgan fingerprint density at radius 2 is 2.37 bits per heavy atom. The minimum absolute atomic E-state index is 0.00190. The second-order valence-corrected chi connectivity index (χ2v) is 4.51. The molecule has 1 aromatic carbocycles. The van der Waals surface area contributed by atoms with Crippen molar-refractivity contribution in [2.75, 3.05) is 16.4 Å². The van der Waals surface area contributed by atoms with E-state index in [2.05, 4.69) is 20.7 Å². The van der Waals surface area contributed by atoms with Crippen LogP contribution in [0.4, 0.5) is 17.1 Å². The number of hydrogen-bond donors (Lipinski definition) is 3. The second-order valence-electron chi connectivity index (χ2n) is 4.51. The van der Waals surface area contributed by atoms with Gasteiger partial charge >= 0.3 is 0 Å². The summed E-state index contributed by atoms with van der Waals surface area (Å²) in [7, 11) is 1.82. The molecule has 0 aliphatic carbocycles. The number of nitrogens with zero attached hydrogens (tertiary/aromatic N) is 3. The molecule has 1 aliphatic rings. The number of rotatable bonds is 3. The van der Waals surface area contributed by atoms with E-state index in [4.69, 9.17) is 5.73 Å². The molecule has 0 saturated carbocycles. The van der Waals surface area contributed by atoms with Gasteiger partial charge in [0.25, 0.3) is 0 Å². The van der Waals surface area contributed by atoms with E-state index >= 15 is 0 Å². The topological polar surface area (TPSA) is 97.9 Å². The number of nitrogen functional groups attached to an aromatic ring is 1. The molecular weight excluding hydrogens is 244 g/mol. The van der Waals surface area contributed by atoms with Gasteiger partial charge in [0.15, 0.2) is 5.82 Å². The lowest BCUT2D eigenvalue weighted by Crippen LogP contribution is -2.05. The largest absolute Gasteiger partial charge is 0.397 e. The third-order valence-corrected chi connectivity index (χ3v) is 2.98. The molecule has 1 aliphatic heterocycles. The van der Waals surface area contributed by atoms with E-state index in [1.54, 1.807) is 11.0 Å². The van der Waals surface area contributed by atoms with Gasteiger partial charge in [0.1, 0.15) is 6.33 Å². The molecule has 0 spiro atoms. The first-order valence-corrected chi connectivity index (χ1v) is 5.92. The van der Waals surface area contributed by atoms with E-state index in [0.717, 1.165) is 16.9 Å². The third-order valence-electron chi connectivity index (χ3n) is 2.98. The smallest absolute Gasteiger partial charge is 0.228 e. The highest BCUT2D eigenvalue weighted by Gasteiger charge is 2.19. The first-order chi connectivity index (χ1) is 9.11. The lowest BCUT2D eigenvalue weighted by Gasteiger charge is -2.10. The molecule has 98 valence electrons. The molecule has 0 atom stereocenters. The Morgan fingerprint density at radius 1 is 1.53 bits per heavy atom. The molecule has 3 rings (SSSR count). The SMILES string of the molecule is Cn1cnc(CNc2cc3c(cc2N)CC(=O)N3)n1. The number of nitrogens with two attached hydrogens (primary N) is 1. The van der Waals surface area contributed by atoms with Crippen LogP contribution in [-0.2, 0) is 24.8 Å². The van der Waals surface area contributed by atoms with Gasteiger partial charge in [0, 0.05) is 12.7 Å². The molecule has 1 amide bonds. The van der Waals surface area contributed by atoms with Gasteiger partial charge in [-0.15, -0.1) is 0 Å². The lowest BCUT2D eigenvalue weighted by atomic mass is 10.1. The summed E-state index contributed by atoms with van der Waals surface area (Å²) in [5.41, 5.74) is 9.10. The molecule has 1 aromatic heterocycles. The number of hydrogen-bond acceptors (Lipinski definition) is 5. The minimum Gasteiger partial charge on any atom is -0.397 e. The second kappa shape index (κ2) is 4.27. The number of aryl methyl sites for hydroxylation is 1. The highest BCUT2D eigenvalue weighted by Crippen LogP contribution is 2.31. The van der Waals surface area contributed by atoms with Gasteiger partial charge in [0.2, 0.25) is 5.91 Å². The van der Waals surface area contributed by atoms with Crippen molar-refractivity contribution in [3.8, 4) is 0 Å². The molecule has 4 N–H and O–H groups in total. The van der Waals surface area contributed by atoms with Crippen molar-refractivity contribution in [3.63, 3.8) is 0 Å². The molecule has 7 heteroatoms. The van der Waals surface area contributed by atoms with E-state index in [9.17, 15) is 4.79 Å². The van der Waals surface area contributed by atoms with Crippen LogP contribution < -0.4 is 16.4 Å². The zero-order valence-electron chi connectivity index (χ0n) is 10.5. The summed E-state index contributed by atoms with van der Waals surface area (Å²) < 4.78 is 1.64. The Bertz CT molecular complexity index is 648. The fraction of sp³-hybridized carbons (Fsp3) is 0.250. The Balaban J connectivity index is 1.78. The summed E-state index contributed by atoms with van der Waals surface area (Å²) >= 11 is 0. The van der Waals surface area contributed by atoms with Crippen molar-refractivity contribution in [3.05, 3.63) is 29.8 Å². The zero-order chi connectivity index (χ0) is 13.4. The van der Waals surface area contributed by atoms with E-state index in [0.29, 0.717) is 24.5 Å². The molecule has 2 aromatic rings. The molecule has 19 heavy (non-hydrogen) atoms. The van der Waals surface area contributed by atoms with E-state index in [1.165, 1.54) is 0 Å². The van der Waals surface area contributed by atoms with Crippen LogP contribution in [0.25, 0.3) is 0 Å². The summed E-state index contributed by atoms with van der Waals surface area (Å²) in [6.07, 6.45) is 2.03. The number of aromatic nitrogens is 3. The molecule has 2 heterocycles. The average Bonchev–Trinajstić information content (AvgIpc) is 2.91. The maximum Gasteiger partial charge on any atom is 0.228 e. The zero-order valence-corrected chi connectivity index (χ0v) is 10.5. The molecule has 0 fully saturated rings. The summed E-state index contributed by atoms with van der Waals surface area (Å²) in [4.78, 5) is 15.4. The van der Waals surface area contributed by atoms with Gasteiger partial charge in [0.05, 0.1) is 24.3 Å². The van der Waals surface area contributed by atoms with Gasteiger partial charge in [-0.3, -0.25) is 9.48 Å². The van der Waals surface area contributed by atoms with Crippen molar-refractivity contribution >= 4 is 23.0 Å². The number of fused-ring (bicyclic) bond motifs is 1. The van der Waals surface area contributed by atoms with Crippen LogP contribution in [0.2, 0.25) is 0 Å². The number of amides is 1. The van der Waals surface area contributed by atoms with Gasteiger partial charge in [-0.1, -0.05) is 0 Å². The standard InChI is InChI=1S/C12H14N6O/c1-18-6-15-11(17-18)5-14-10-4-9-7(2-8(10)13)3-12(19)16-9/h2,4,6,14H,3,5,13H2,1H3,(H,16,19). The summed E-state index contributed by atoms with van der Waals surface area (Å²) in [5.74, 6) is 0.685. The van der Waals surface area contributed by atoms with Crippen molar-refractivity contribution in [2.45, 2.75) is 13.0 Å². The number of carbonyl (C=O) groups is 1. The molecule has 0 radical (unpaired) electrons. The monoisotopic (exact) mass is 258 g/mol. The average molecular weight is 258 g/mol. The van der Waals surface area contributed by atoms with Crippen LogP contribution in [0.5, 0.6) is 0 Å². The van der Waals surface area contributed by atoms with Crippen molar-refractivity contribution in [2.24, 2.45) is 7.05 Å². The number of carbonyl (C=O) groups excluding carboxylic acids is 1. The summed E-state index contributed by atoms with van der Waals surface area (Å²) in [6, 6.07) is 3.67. The van der Waals surface area contributed by atoms with E-state index in [-0.39, 0.29) is 5.91 Å². The van der Waals surface area contributed by atoms with Gasteiger partial charge in [-0.2, -0.15) is 5.10 Å². The number of anilines is 3. The Morgan fingerprint density at radius 3 is 3.11 bits per heavy atom. The third kappa shape index (κ3) is 2.22. The Labute approximate surface area is 109 Å². The predicted molar refractivity (Wildman–Crippen MR) is 71.5 cm³/mol. The lowest BCUT2D eigenvalue weighted by molar-refractivity contribution is -0.115. The predicted octanol–water partition coefficient (Wildman–Crippen LogP) is 0.504. The van der Waals surface area contributed by atoms with Crippen molar-refractivity contribution < 1.29 is 4.79 Å². The van der Waals surface area contributed by atoms with Gasteiger partial charge in [-0.25, -0.2) is 4.98 Å². The molecule has 0 bridgehead atoms. The molecule has 0 unspecified atom stereocenters. The molecule has 7 nitrogen and oxygen atoms in total. The van der Waals surface area contributed by atoms with E-state index in [1.807, 2.05) is 19.2 Å². The van der Waals surface area contributed by atoms with Crippen LogP contribution in [0.1, 0.15) is 11.4 Å². The van der Waals surface area contributed by atoms with Gasteiger partial charge < -0.3 is 16.4 Å². The van der Waals surface area contributed by atoms with E-state index < -0.39 is 0 Å². The van der Waals surface area contributed by atoms with Crippen LogP contribution >= 0.6 is 0 Å². The van der Waals surface area contributed by atoms with Gasteiger partial charge in [-0.05, 0) is 17.7 Å². The highest BCUT2D eigenvalue weighted by molar-refractivity contribution is 6.00. The maximum atomic E-state index is 11.3. The molecular formula is C12H14N6O. The Hall–Kier alpha value is -2.57. The summed E-state index contributed by atoms with van der Waals surface area (Å²) in [5, 5.41) is 10.1. The first-order valence-electron chi connectivity index (χ1n) is 5.92. The highest BCUT2D eigenvalue weighted by atomic mass is 16.1. The van der Waals surface area contributed by atoms with Crippen LogP contribution in [0.3, 0.4) is 0 Å². The van der Waals surface area contributed by atoms with Crippen molar-refractivity contribution in [1.29, 1.82) is 0 Å². The normalized spacial score (nSPS) is 13.2.